The van der Waals surface area contributed by atoms with Gasteiger partial charge >= 0.3 is 35.3 Å². The van der Waals surface area contributed by atoms with Gasteiger partial charge in [-0.25, -0.2) is 19.2 Å². The van der Waals surface area contributed by atoms with Gasteiger partial charge in [0.05, 0.1) is 22.9 Å². The summed E-state index contributed by atoms with van der Waals surface area (Å²) in [6.45, 7) is 23.7. The standard InChI is InChI=1S/C64H90N10O16/c1-35(2)27-49-61(79)87-43(13)57(75)67(15)52(30-38(7)8)64(82)90-54(32-46-21-25-48(26-22-46)34-72-42(12)56(74(85)86)40(10)66-72)60(78)70(18)50(28-36(3)4)62(80)88-44(14)58(76)68(16)51(29-37(5)6)63(81)89-53(59(77)69(49)17)31-45-19-23-47(24-20-45)33-71-41(11)55(73(83)84)39(9)65-71/h19-26,35-38,43-44,49-54H,27-34H2,1-18H3/t43-,44-,49+,50+,51+,52+,53-,54-/m1/s1. The molecule has 0 radical (unpaired) electrons. The number of carbonyl (C=O) groups is 8. The number of ether oxygens (including phenoxy) is 4. The number of carbonyl (C=O) groups excluding carboxylic acids is 8. The lowest BCUT2D eigenvalue weighted by Gasteiger charge is -2.35. The smallest absolute Gasteiger partial charge is 0.329 e. The van der Waals surface area contributed by atoms with Crippen molar-refractivity contribution in [3.63, 3.8) is 0 Å². The summed E-state index contributed by atoms with van der Waals surface area (Å²) in [5, 5.41) is 32.2. The Bertz CT molecular complexity index is 3030. The molecule has 1 aliphatic heterocycles. The van der Waals surface area contributed by atoms with Crippen LogP contribution in [0.15, 0.2) is 48.5 Å². The summed E-state index contributed by atoms with van der Waals surface area (Å²) in [5.74, 6) is -8.25. The number of cyclic esters (lactones) is 4. The number of benzene rings is 2. The lowest BCUT2D eigenvalue weighted by molar-refractivity contribution is -0.386. The molecule has 2 aromatic heterocycles. The highest BCUT2D eigenvalue weighted by atomic mass is 16.6. The number of hydrogen-bond acceptors (Lipinski definition) is 18. The zero-order valence-corrected chi connectivity index (χ0v) is 55.2. The third kappa shape index (κ3) is 18.3. The highest BCUT2D eigenvalue weighted by Crippen LogP contribution is 2.28. The molecule has 0 bridgehead atoms. The van der Waals surface area contributed by atoms with Gasteiger partial charge < -0.3 is 38.5 Å². The van der Waals surface area contributed by atoms with Crippen LogP contribution in [-0.4, -0.2) is 173 Å². The molecule has 5 rings (SSSR count). The minimum Gasteiger partial charge on any atom is -0.451 e. The number of hydrogen-bond donors (Lipinski definition) is 0. The zero-order chi connectivity index (χ0) is 67.5. The molecule has 0 aliphatic carbocycles. The molecule has 4 amide bonds. The molecule has 1 fully saturated rings. The van der Waals surface area contributed by atoms with Gasteiger partial charge in [0.25, 0.3) is 23.6 Å². The quantitative estimate of drug-likeness (QED) is 0.0411. The summed E-state index contributed by atoms with van der Waals surface area (Å²) in [6.07, 6.45) is -6.80. The molecule has 0 N–H and O–H groups in total. The Morgan fingerprint density at radius 1 is 0.422 bits per heavy atom. The molecule has 1 aliphatic rings. The van der Waals surface area contributed by atoms with Crippen LogP contribution >= 0.6 is 0 Å². The Balaban J connectivity index is 1.59. The third-order valence-corrected chi connectivity index (χ3v) is 16.1. The average Bonchev–Trinajstić information content (AvgIpc) is 1.54. The van der Waals surface area contributed by atoms with Crippen LogP contribution in [0, 0.1) is 71.6 Å². The number of aryl methyl sites for hydroxylation is 2. The van der Waals surface area contributed by atoms with E-state index in [4.69, 9.17) is 18.9 Å². The van der Waals surface area contributed by atoms with Crippen LogP contribution in [-0.2, 0) is 83.2 Å². The van der Waals surface area contributed by atoms with E-state index in [0.29, 0.717) is 33.6 Å². The fourth-order valence-corrected chi connectivity index (χ4v) is 11.0. The van der Waals surface area contributed by atoms with Gasteiger partial charge in [-0.3, -0.25) is 48.8 Å². The number of nitrogens with zero attached hydrogens (tertiary/aromatic N) is 10. The van der Waals surface area contributed by atoms with Crippen molar-refractivity contribution in [2.75, 3.05) is 28.2 Å². The van der Waals surface area contributed by atoms with E-state index >= 15 is 9.59 Å². The lowest BCUT2D eigenvalue weighted by atomic mass is 9.99. The van der Waals surface area contributed by atoms with Crippen molar-refractivity contribution >= 4 is 58.9 Å². The van der Waals surface area contributed by atoms with Crippen molar-refractivity contribution in [2.45, 2.75) is 197 Å². The minimum absolute atomic E-state index is 0.0168. The second kappa shape index (κ2) is 31.2. The van der Waals surface area contributed by atoms with E-state index in [2.05, 4.69) is 10.2 Å². The predicted molar refractivity (Wildman–Crippen MR) is 330 cm³/mol. The van der Waals surface area contributed by atoms with Crippen LogP contribution in [0.2, 0.25) is 0 Å². The molecule has 26 heteroatoms. The molecule has 0 saturated carbocycles. The summed E-state index contributed by atoms with van der Waals surface area (Å²) in [6, 6.07) is 8.23. The fourth-order valence-electron chi connectivity index (χ4n) is 11.0. The average molecular weight is 1260 g/mol. The number of rotatable bonds is 18. The van der Waals surface area contributed by atoms with Crippen LogP contribution in [0.5, 0.6) is 0 Å². The van der Waals surface area contributed by atoms with Crippen molar-refractivity contribution in [1.29, 1.82) is 0 Å². The monoisotopic (exact) mass is 1250 g/mol. The van der Waals surface area contributed by atoms with E-state index in [-0.39, 0.29) is 98.0 Å². The summed E-state index contributed by atoms with van der Waals surface area (Å²) >= 11 is 0. The molecule has 492 valence electrons. The number of likely N-dealkylation sites (N-methyl/N-ethyl adjacent to an activating group) is 4. The molecule has 0 unspecified atom stereocenters. The molecule has 90 heavy (non-hydrogen) atoms. The maximum Gasteiger partial charge on any atom is 0.329 e. The van der Waals surface area contributed by atoms with E-state index in [1.54, 1.807) is 76.2 Å². The highest BCUT2D eigenvalue weighted by Gasteiger charge is 2.43. The van der Waals surface area contributed by atoms with Gasteiger partial charge in [-0.15, -0.1) is 0 Å². The van der Waals surface area contributed by atoms with Gasteiger partial charge in [0.1, 0.15) is 46.9 Å². The van der Waals surface area contributed by atoms with Gasteiger partial charge in [0.15, 0.2) is 24.4 Å². The van der Waals surface area contributed by atoms with E-state index in [0.717, 1.165) is 19.6 Å². The Hall–Kier alpha value is -8.58. The van der Waals surface area contributed by atoms with E-state index < -0.39 is 106 Å². The Kier molecular flexibility index (Phi) is 25.1. The first-order chi connectivity index (χ1) is 42.0. The Morgan fingerprint density at radius 2 is 0.667 bits per heavy atom. The summed E-state index contributed by atoms with van der Waals surface area (Å²) < 4.78 is 27.2. The number of amides is 4. The highest BCUT2D eigenvalue weighted by molar-refractivity contribution is 5.94. The number of esters is 4. The Morgan fingerprint density at radius 3 is 0.911 bits per heavy atom. The largest absolute Gasteiger partial charge is 0.451 e. The normalized spacial score (nSPS) is 21.9. The van der Waals surface area contributed by atoms with Gasteiger partial charge in [-0.1, -0.05) is 104 Å². The molecule has 2 aromatic carbocycles. The van der Waals surface area contributed by atoms with E-state index in [1.807, 2.05) is 55.4 Å². The van der Waals surface area contributed by atoms with Gasteiger partial charge in [-0.05, 0) is 113 Å². The van der Waals surface area contributed by atoms with Crippen molar-refractivity contribution in [3.05, 3.63) is 114 Å². The molecule has 3 heterocycles. The maximum absolute atomic E-state index is 15.1. The van der Waals surface area contributed by atoms with Crippen molar-refractivity contribution < 1.29 is 67.2 Å². The third-order valence-electron chi connectivity index (χ3n) is 16.1. The summed E-state index contributed by atoms with van der Waals surface area (Å²) in [4.78, 5) is 145. The lowest BCUT2D eigenvalue weighted by Crippen LogP contribution is -2.55. The first-order valence-corrected chi connectivity index (χ1v) is 30.4. The zero-order valence-electron chi connectivity index (χ0n) is 55.2. The van der Waals surface area contributed by atoms with Crippen LogP contribution in [0.1, 0.15) is 140 Å². The van der Waals surface area contributed by atoms with Crippen molar-refractivity contribution in [1.82, 2.24) is 39.2 Å². The predicted octanol–water partition coefficient (Wildman–Crippen LogP) is 7.20. The summed E-state index contributed by atoms with van der Waals surface area (Å²) in [7, 11) is 5.36. The second-order valence-corrected chi connectivity index (χ2v) is 25.3. The van der Waals surface area contributed by atoms with Crippen LogP contribution in [0.4, 0.5) is 11.4 Å². The Labute approximate surface area is 526 Å². The van der Waals surface area contributed by atoms with Gasteiger partial charge in [0.2, 0.25) is 0 Å². The van der Waals surface area contributed by atoms with Crippen LogP contribution < -0.4 is 0 Å². The molecule has 4 aromatic rings. The molecule has 8 atom stereocenters. The molecular formula is C64H90N10O16. The van der Waals surface area contributed by atoms with Crippen LogP contribution in [0.25, 0.3) is 0 Å². The topological polar surface area (TPSA) is 308 Å². The van der Waals surface area contributed by atoms with E-state index in [9.17, 15) is 49.0 Å². The van der Waals surface area contributed by atoms with Crippen LogP contribution in [0.3, 0.4) is 0 Å². The fraction of sp³-hybridized carbons (Fsp3) is 0.594. The minimum atomic E-state index is -1.64. The number of aromatic nitrogens is 4. The maximum atomic E-state index is 15.1. The van der Waals surface area contributed by atoms with E-state index in [1.165, 1.54) is 51.4 Å². The second-order valence-electron chi connectivity index (χ2n) is 25.3. The summed E-state index contributed by atoms with van der Waals surface area (Å²) in [5.41, 5.74) is 3.42. The van der Waals surface area contributed by atoms with Crippen molar-refractivity contribution in [3.8, 4) is 0 Å². The van der Waals surface area contributed by atoms with Crippen molar-refractivity contribution in [2.24, 2.45) is 23.7 Å². The number of nitro groups is 2. The first kappa shape index (κ1) is 72.2. The molecule has 26 nitrogen and oxygen atoms in total. The van der Waals surface area contributed by atoms with Gasteiger partial charge in [0, 0.05) is 41.0 Å². The molecule has 1 saturated heterocycles. The SMILES string of the molecule is Cc1nn(Cc2ccc(C[C@H]3OC(=O)[C@H](CC(C)C)N(C)C(=O)[C@@H](C)OC(=O)[C@H](CC(C)C)N(C)C(=O)[C@@H](Cc4ccc(Cn5nc(C)c([N+](=O)[O-])c5C)cc4)OC(=O)[C@H](CC(C)C)N(C)C(=O)[C@@H](C)OC(=O)[C@H](CC(C)C)N(C)C3=O)cc2)c(C)c1[N+](=O)[O-]. The first-order valence-electron chi connectivity index (χ1n) is 30.4. The molecular weight excluding hydrogens is 1160 g/mol. The van der Waals surface area contributed by atoms with Gasteiger partial charge in [-0.2, -0.15) is 10.2 Å². The molecule has 0 spiro atoms.